The number of aliphatic hydroxyl groups excluding tert-OH is 2. The highest BCUT2D eigenvalue weighted by Gasteiger charge is 2.32. The minimum atomic E-state index is -0.934. The molecule has 0 fully saturated rings. The summed E-state index contributed by atoms with van der Waals surface area (Å²) >= 11 is 0. The molecule has 0 bridgehead atoms. The summed E-state index contributed by atoms with van der Waals surface area (Å²) in [5.41, 5.74) is -0.607. The van der Waals surface area contributed by atoms with Crippen LogP contribution in [0.4, 0.5) is 0 Å². The minimum Gasteiger partial charge on any atom is -0.507 e. The molecule has 204 valence electrons. The molecule has 5 N–H and O–H groups in total. The molecule has 10 heteroatoms. The number of aromatic hydroxyl groups is 3. The van der Waals surface area contributed by atoms with Gasteiger partial charge in [-0.1, -0.05) is 0 Å². The van der Waals surface area contributed by atoms with Crippen LogP contribution in [0, 0.1) is 0 Å². The van der Waals surface area contributed by atoms with E-state index in [4.69, 9.17) is 14.2 Å². The number of hydrogen-bond acceptors (Lipinski definition) is 10. The van der Waals surface area contributed by atoms with E-state index in [1.54, 1.807) is 6.92 Å². The van der Waals surface area contributed by atoms with E-state index in [9.17, 15) is 35.1 Å². The lowest BCUT2D eigenvalue weighted by Crippen LogP contribution is -2.13. The molecule has 0 amide bonds. The fraction of sp³-hybridized carbons (Fsp3) is 0.310. The fourth-order valence-electron chi connectivity index (χ4n) is 5.93. The third-order valence-electron chi connectivity index (χ3n) is 7.21. The van der Waals surface area contributed by atoms with E-state index < -0.39 is 40.3 Å². The molecular formula is C29H28O10. The van der Waals surface area contributed by atoms with Crippen LogP contribution in [0.3, 0.4) is 0 Å². The van der Waals surface area contributed by atoms with Crippen molar-refractivity contribution in [1.29, 1.82) is 0 Å². The van der Waals surface area contributed by atoms with E-state index >= 15 is 0 Å². The van der Waals surface area contributed by atoms with E-state index in [0.717, 1.165) is 12.1 Å². The summed E-state index contributed by atoms with van der Waals surface area (Å²) in [5, 5.41) is 55.4. The largest absolute Gasteiger partial charge is 0.507 e. The predicted octanol–water partition coefficient (Wildman–Crippen LogP) is 2.88. The number of fused-ring (bicyclic) bond motifs is 2. The number of rotatable bonds is 7. The fourth-order valence-corrected chi connectivity index (χ4v) is 5.93. The average molecular weight is 537 g/mol. The Kier molecular flexibility index (Phi) is 6.20. The third kappa shape index (κ3) is 3.55. The number of ether oxygens (including phenoxy) is 3. The van der Waals surface area contributed by atoms with Gasteiger partial charge in [0.1, 0.15) is 11.5 Å². The van der Waals surface area contributed by atoms with E-state index in [1.165, 1.54) is 28.3 Å². The number of benzene rings is 5. The van der Waals surface area contributed by atoms with Crippen molar-refractivity contribution in [2.24, 2.45) is 0 Å². The Morgan fingerprint density at radius 3 is 1.54 bits per heavy atom. The van der Waals surface area contributed by atoms with Gasteiger partial charge in [-0.25, -0.2) is 0 Å². The molecule has 5 rings (SSSR count). The summed E-state index contributed by atoms with van der Waals surface area (Å²) in [5.74, 6) is -1.46. The first-order chi connectivity index (χ1) is 18.5. The van der Waals surface area contributed by atoms with Gasteiger partial charge in [-0.15, -0.1) is 0 Å². The number of hydrogen-bond donors (Lipinski definition) is 5. The Morgan fingerprint density at radius 1 is 0.615 bits per heavy atom. The lowest BCUT2D eigenvalue weighted by molar-refractivity contribution is 0.193. The standard InChI is InChI=1S/C29H28O10/c1-10(30)6-12-18-19-13(7-11(2)31)29(39-5)27(36)22-16(34)9-17(37-3)23(25(19)22)20-14(32)8-15(33)21(24(18)20)26(35)28(12)38-4/h8-11,30-31,33,35-36H,6-7H2,1-5H3/t10-,11-/m1/s1. The summed E-state index contributed by atoms with van der Waals surface area (Å²) in [7, 11) is 3.97. The summed E-state index contributed by atoms with van der Waals surface area (Å²) in [6.07, 6.45) is -1.95. The summed E-state index contributed by atoms with van der Waals surface area (Å²) in [6.45, 7) is 3.08. The number of aliphatic hydroxyl groups is 2. The molecule has 5 aromatic rings. The molecule has 0 aliphatic rings. The zero-order valence-electron chi connectivity index (χ0n) is 22.0. The molecule has 0 saturated heterocycles. The van der Waals surface area contributed by atoms with Crippen molar-refractivity contribution in [3.8, 4) is 34.5 Å². The second-order valence-electron chi connectivity index (χ2n) is 9.80. The van der Waals surface area contributed by atoms with Crippen molar-refractivity contribution >= 4 is 43.1 Å². The normalized spacial score (nSPS) is 13.5. The van der Waals surface area contributed by atoms with Crippen LogP contribution in [0.25, 0.3) is 43.1 Å². The number of phenolic OH excluding ortho intramolecular Hbond substituents is 3. The predicted molar refractivity (Wildman–Crippen MR) is 147 cm³/mol. The van der Waals surface area contributed by atoms with E-state index in [2.05, 4.69) is 0 Å². The monoisotopic (exact) mass is 536 g/mol. The van der Waals surface area contributed by atoms with Crippen molar-refractivity contribution in [1.82, 2.24) is 0 Å². The van der Waals surface area contributed by atoms with Crippen molar-refractivity contribution in [2.75, 3.05) is 21.3 Å². The average Bonchev–Trinajstić information content (AvgIpc) is 2.85. The molecule has 0 aliphatic heterocycles. The van der Waals surface area contributed by atoms with Gasteiger partial charge in [0.15, 0.2) is 33.9 Å². The molecule has 5 aromatic carbocycles. The van der Waals surface area contributed by atoms with Gasteiger partial charge < -0.3 is 39.7 Å². The molecule has 39 heavy (non-hydrogen) atoms. The maximum atomic E-state index is 13.6. The van der Waals surface area contributed by atoms with E-state index in [1.807, 2.05) is 0 Å². The zero-order valence-corrected chi connectivity index (χ0v) is 22.0. The van der Waals surface area contributed by atoms with Crippen LogP contribution in [-0.2, 0) is 12.8 Å². The van der Waals surface area contributed by atoms with Crippen molar-refractivity contribution in [2.45, 2.75) is 38.9 Å². The van der Waals surface area contributed by atoms with Gasteiger partial charge in [-0.3, -0.25) is 9.59 Å². The van der Waals surface area contributed by atoms with Crippen LogP contribution in [0.15, 0.2) is 21.7 Å². The van der Waals surface area contributed by atoms with Gasteiger partial charge >= 0.3 is 0 Å². The lowest BCUT2D eigenvalue weighted by atomic mass is 9.82. The van der Waals surface area contributed by atoms with Crippen molar-refractivity contribution in [3.05, 3.63) is 43.7 Å². The first-order valence-electron chi connectivity index (χ1n) is 12.3. The summed E-state index contributed by atoms with van der Waals surface area (Å²) < 4.78 is 16.7. The van der Waals surface area contributed by atoms with E-state index in [-0.39, 0.29) is 62.4 Å². The second kappa shape index (κ2) is 9.18. The Bertz CT molecular complexity index is 1890. The van der Waals surface area contributed by atoms with Gasteiger partial charge in [0.2, 0.25) is 0 Å². The molecule has 0 radical (unpaired) electrons. The van der Waals surface area contributed by atoms with Gasteiger partial charge in [0.25, 0.3) is 0 Å². The Balaban J connectivity index is 2.37. The molecule has 0 aliphatic carbocycles. The molecular weight excluding hydrogens is 508 g/mol. The molecule has 0 spiro atoms. The van der Waals surface area contributed by atoms with Crippen LogP contribution in [-0.4, -0.2) is 59.1 Å². The number of methoxy groups -OCH3 is 3. The molecule has 0 unspecified atom stereocenters. The highest BCUT2D eigenvalue weighted by atomic mass is 16.5. The quantitative estimate of drug-likeness (QED) is 0.154. The first-order valence-corrected chi connectivity index (χ1v) is 12.3. The minimum absolute atomic E-state index is 0.0320. The first kappa shape index (κ1) is 26.3. The Morgan fingerprint density at radius 2 is 1.08 bits per heavy atom. The van der Waals surface area contributed by atoms with Gasteiger partial charge in [0.05, 0.1) is 44.3 Å². The topological polar surface area (TPSA) is 163 Å². The van der Waals surface area contributed by atoms with Gasteiger partial charge in [-0.05, 0) is 24.6 Å². The van der Waals surface area contributed by atoms with Gasteiger partial charge in [0, 0.05) is 57.6 Å². The highest BCUT2D eigenvalue weighted by molar-refractivity contribution is 6.37. The van der Waals surface area contributed by atoms with Gasteiger partial charge in [-0.2, -0.15) is 0 Å². The molecule has 2 atom stereocenters. The number of phenols is 3. The SMILES string of the molecule is COc1c(O)c2c(=O)cc(OC)c3c4c(=O)cc(O)c5c(O)c(OC)c(C[C@@H](C)O)c(c(c1C[C@@H](C)O)c23)c54. The second-order valence-corrected chi connectivity index (χ2v) is 9.80. The maximum Gasteiger partial charge on any atom is 0.194 e. The highest BCUT2D eigenvalue weighted by Crippen LogP contribution is 2.55. The van der Waals surface area contributed by atoms with Crippen LogP contribution in [0.1, 0.15) is 25.0 Å². The Hall–Kier alpha value is -4.28. The summed E-state index contributed by atoms with van der Waals surface area (Å²) in [4.78, 5) is 27.0. The van der Waals surface area contributed by atoms with Crippen LogP contribution < -0.4 is 25.1 Å². The Labute approximate surface area is 221 Å². The lowest BCUT2D eigenvalue weighted by Gasteiger charge is -2.25. The van der Waals surface area contributed by atoms with Crippen LogP contribution in [0.5, 0.6) is 34.5 Å². The molecule has 0 heterocycles. The summed E-state index contributed by atoms with van der Waals surface area (Å²) in [6, 6.07) is 2.11. The maximum absolute atomic E-state index is 13.6. The van der Waals surface area contributed by atoms with Crippen molar-refractivity contribution < 1.29 is 39.7 Å². The van der Waals surface area contributed by atoms with Crippen LogP contribution in [0.2, 0.25) is 0 Å². The van der Waals surface area contributed by atoms with E-state index in [0.29, 0.717) is 21.9 Å². The van der Waals surface area contributed by atoms with Crippen molar-refractivity contribution in [3.63, 3.8) is 0 Å². The molecule has 10 nitrogen and oxygen atoms in total. The molecule has 0 aromatic heterocycles. The zero-order chi connectivity index (χ0) is 28.5. The third-order valence-corrected chi connectivity index (χ3v) is 7.21. The molecule has 0 saturated carbocycles. The smallest absolute Gasteiger partial charge is 0.194 e. The van der Waals surface area contributed by atoms with Crippen LogP contribution >= 0.6 is 0 Å².